The molecule has 0 radical (unpaired) electrons. The summed E-state index contributed by atoms with van der Waals surface area (Å²) < 4.78 is 5.00. The van der Waals surface area contributed by atoms with Crippen molar-refractivity contribution in [2.45, 2.75) is 6.92 Å². The molecular weight excluding hydrogens is 112 g/mol. The highest BCUT2D eigenvalue weighted by Crippen LogP contribution is 2.10. The molecule has 0 N–H and O–H groups in total. The second kappa shape index (κ2) is 2.53. The van der Waals surface area contributed by atoms with Crippen molar-refractivity contribution >= 4 is 0 Å². The third-order valence-electron chi connectivity index (χ3n) is 1.23. The van der Waals surface area contributed by atoms with E-state index >= 15 is 0 Å². The van der Waals surface area contributed by atoms with Crippen LogP contribution in [0.5, 0.6) is 5.75 Å². The number of benzene rings is 1. The highest BCUT2D eigenvalue weighted by atomic mass is 16.5. The van der Waals surface area contributed by atoms with Gasteiger partial charge in [-0.15, -0.1) is 0 Å². The van der Waals surface area contributed by atoms with Gasteiger partial charge in [-0.25, -0.2) is 0 Å². The second-order valence-corrected chi connectivity index (χ2v) is 2.02. The average molecular weight is 123 g/mol. The molecule has 1 rings (SSSR count). The molecular formula is C8H11O+. The molecule has 0 unspecified atom stereocenters. The summed E-state index contributed by atoms with van der Waals surface area (Å²) in [4.78, 5) is 0. The molecule has 0 saturated carbocycles. The molecule has 0 atom stereocenters. The van der Waals surface area contributed by atoms with E-state index in [1.807, 2.05) is 31.2 Å². The molecule has 0 saturated heterocycles. The zero-order valence-electron chi connectivity index (χ0n) is 6.72. The van der Waals surface area contributed by atoms with E-state index in [0.29, 0.717) is 0 Å². The number of hydrogen-bond donors (Lipinski definition) is 0. The monoisotopic (exact) mass is 123 g/mol. The molecule has 1 aromatic rings. The zero-order valence-corrected chi connectivity index (χ0v) is 5.72. The Bertz CT molecular complexity index is 198. The first-order chi connectivity index (χ1) is 4.33. The van der Waals surface area contributed by atoms with Crippen LogP contribution in [-0.4, -0.2) is 7.11 Å². The van der Waals surface area contributed by atoms with E-state index in [9.17, 15) is 0 Å². The fourth-order valence-electron chi connectivity index (χ4n) is 0.742. The summed E-state index contributed by atoms with van der Waals surface area (Å²) >= 11 is 0. The van der Waals surface area contributed by atoms with E-state index in [-0.39, 0.29) is 1.43 Å². The standard InChI is InChI=1S/C8H10O/c1-7-4-3-5-8(6-7)9-2/h3-6H,1-2H3/p+1. The Morgan fingerprint density at radius 3 is 2.67 bits per heavy atom. The molecule has 1 aromatic carbocycles. The summed E-state index contributed by atoms with van der Waals surface area (Å²) in [6, 6.07) is 7.96. The molecule has 0 heterocycles. The van der Waals surface area contributed by atoms with Crippen LogP contribution in [0, 0.1) is 6.92 Å². The molecule has 48 valence electrons. The minimum Gasteiger partial charge on any atom is -0.497 e. The summed E-state index contributed by atoms with van der Waals surface area (Å²) in [7, 11) is 1.68. The lowest BCUT2D eigenvalue weighted by atomic mass is 10.2. The van der Waals surface area contributed by atoms with Gasteiger partial charge in [0.2, 0.25) is 0 Å². The maximum absolute atomic E-state index is 5.00. The predicted octanol–water partition coefficient (Wildman–Crippen LogP) is 2.12. The van der Waals surface area contributed by atoms with Crippen LogP contribution < -0.4 is 4.74 Å². The summed E-state index contributed by atoms with van der Waals surface area (Å²) in [6.07, 6.45) is 0. The van der Waals surface area contributed by atoms with Crippen molar-refractivity contribution in [3.8, 4) is 5.75 Å². The third kappa shape index (κ3) is 1.46. The highest BCUT2D eigenvalue weighted by molar-refractivity contribution is 5.27. The summed E-state index contributed by atoms with van der Waals surface area (Å²) in [5.41, 5.74) is 1.23. The van der Waals surface area contributed by atoms with Crippen molar-refractivity contribution in [3.05, 3.63) is 29.8 Å². The molecule has 0 aliphatic heterocycles. The van der Waals surface area contributed by atoms with Crippen LogP contribution in [0.15, 0.2) is 24.3 Å². The predicted molar refractivity (Wildman–Crippen MR) is 38.8 cm³/mol. The maximum atomic E-state index is 5.00. The molecule has 0 aromatic heterocycles. The van der Waals surface area contributed by atoms with Crippen LogP contribution >= 0.6 is 0 Å². The Morgan fingerprint density at radius 2 is 2.22 bits per heavy atom. The molecule has 0 spiro atoms. The van der Waals surface area contributed by atoms with E-state index in [4.69, 9.17) is 4.74 Å². The van der Waals surface area contributed by atoms with E-state index in [1.54, 1.807) is 7.11 Å². The van der Waals surface area contributed by atoms with Gasteiger partial charge in [0.1, 0.15) is 5.75 Å². The SMILES string of the molecule is COc1cccc(C)c1.[H+]. The van der Waals surface area contributed by atoms with E-state index < -0.39 is 0 Å². The van der Waals surface area contributed by atoms with Crippen molar-refractivity contribution in [2.75, 3.05) is 7.11 Å². The summed E-state index contributed by atoms with van der Waals surface area (Å²) in [6.45, 7) is 2.04. The summed E-state index contributed by atoms with van der Waals surface area (Å²) in [5.74, 6) is 0.926. The van der Waals surface area contributed by atoms with Gasteiger partial charge in [-0.1, -0.05) is 12.1 Å². The first kappa shape index (κ1) is 6.14. The minimum absolute atomic E-state index is 0. The van der Waals surface area contributed by atoms with E-state index in [1.165, 1.54) is 5.56 Å². The van der Waals surface area contributed by atoms with Crippen molar-refractivity contribution in [2.24, 2.45) is 0 Å². The number of rotatable bonds is 1. The van der Waals surface area contributed by atoms with Gasteiger partial charge in [0.05, 0.1) is 7.11 Å². The van der Waals surface area contributed by atoms with Crippen LogP contribution in [0.4, 0.5) is 0 Å². The largest absolute Gasteiger partial charge is 1.00 e. The molecule has 1 heteroatoms. The van der Waals surface area contributed by atoms with Gasteiger partial charge in [-0.05, 0) is 24.6 Å². The van der Waals surface area contributed by atoms with Gasteiger partial charge in [-0.2, -0.15) is 0 Å². The van der Waals surface area contributed by atoms with Gasteiger partial charge < -0.3 is 4.74 Å². The van der Waals surface area contributed by atoms with Crippen LogP contribution in [0.25, 0.3) is 0 Å². The average Bonchev–Trinajstić information content (AvgIpc) is 1.88. The van der Waals surface area contributed by atoms with Crippen molar-refractivity contribution in [1.29, 1.82) is 0 Å². The lowest BCUT2D eigenvalue weighted by Crippen LogP contribution is -1.81. The van der Waals surface area contributed by atoms with Gasteiger partial charge in [0, 0.05) is 0 Å². The van der Waals surface area contributed by atoms with Crippen LogP contribution in [0.3, 0.4) is 0 Å². The normalized spacial score (nSPS) is 9.11. The first-order valence-corrected chi connectivity index (χ1v) is 2.93. The zero-order chi connectivity index (χ0) is 6.69. The van der Waals surface area contributed by atoms with E-state index in [2.05, 4.69) is 0 Å². The topological polar surface area (TPSA) is 9.23 Å². The molecule has 0 fully saturated rings. The number of hydrogen-bond acceptors (Lipinski definition) is 1. The van der Waals surface area contributed by atoms with Gasteiger partial charge in [-0.3, -0.25) is 0 Å². The minimum atomic E-state index is 0. The lowest BCUT2D eigenvalue weighted by molar-refractivity contribution is 0.414. The Morgan fingerprint density at radius 1 is 1.44 bits per heavy atom. The van der Waals surface area contributed by atoms with Crippen molar-refractivity contribution in [3.63, 3.8) is 0 Å². The highest BCUT2D eigenvalue weighted by Gasteiger charge is 1.86. The number of aryl methyl sites for hydroxylation is 1. The van der Waals surface area contributed by atoms with Crippen molar-refractivity contribution < 1.29 is 6.16 Å². The third-order valence-corrected chi connectivity index (χ3v) is 1.23. The Labute approximate surface area is 56.8 Å². The molecule has 9 heavy (non-hydrogen) atoms. The van der Waals surface area contributed by atoms with Gasteiger partial charge >= 0.3 is 1.43 Å². The van der Waals surface area contributed by atoms with Crippen LogP contribution in [0.1, 0.15) is 6.99 Å². The smallest absolute Gasteiger partial charge is 0.497 e. The Hall–Kier alpha value is -0.980. The molecule has 0 aliphatic carbocycles. The lowest BCUT2D eigenvalue weighted by Gasteiger charge is -1.97. The Balaban J connectivity index is 0.000000810. The summed E-state index contributed by atoms with van der Waals surface area (Å²) in [5, 5.41) is 0. The number of methoxy groups -OCH3 is 1. The molecule has 0 amide bonds. The van der Waals surface area contributed by atoms with Crippen LogP contribution in [0.2, 0.25) is 0 Å². The first-order valence-electron chi connectivity index (χ1n) is 2.93. The molecule has 0 aliphatic rings. The van der Waals surface area contributed by atoms with Gasteiger partial charge in [0.15, 0.2) is 0 Å². The van der Waals surface area contributed by atoms with Crippen molar-refractivity contribution in [1.82, 2.24) is 0 Å². The van der Waals surface area contributed by atoms with Gasteiger partial charge in [0.25, 0.3) is 0 Å². The molecule has 1 nitrogen and oxygen atoms in total. The molecule has 0 bridgehead atoms. The Kier molecular flexibility index (Phi) is 1.73. The fourth-order valence-corrected chi connectivity index (χ4v) is 0.742. The van der Waals surface area contributed by atoms with E-state index in [0.717, 1.165) is 5.75 Å². The quantitative estimate of drug-likeness (QED) is 0.555. The maximum Gasteiger partial charge on any atom is 1.00 e. The second-order valence-electron chi connectivity index (χ2n) is 2.02. The van der Waals surface area contributed by atoms with Crippen LogP contribution in [-0.2, 0) is 0 Å². The number of ether oxygens (including phenoxy) is 1. The fraction of sp³-hybridized carbons (Fsp3) is 0.250.